The van der Waals surface area contributed by atoms with Gasteiger partial charge in [-0.15, -0.1) is 0 Å². The summed E-state index contributed by atoms with van der Waals surface area (Å²) in [5.41, 5.74) is 4.48. The van der Waals surface area contributed by atoms with E-state index < -0.39 is 0 Å². The number of rotatable bonds is 4. The van der Waals surface area contributed by atoms with Gasteiger partial charge in [0.15, 0.2) is 0 Å². The minimum absolute atomic E-state index is 0.651. The van der Waals surface area contributed by atoms with Gasteiger partial charge in [-0.05, 0) is 38.6 Å². The van der Waals surface area contributed by atoms with Crippen LogP contribution in [0.4, 0.5) is 0 Å². The molecule has 0 spiro atoms. The van der Waals surface area contributed by atoms with Crippen molar-refractivity contribution in [3.63, 3.8) is 0 Å². The van der Waals surface area contributed by atoms with E-state index in [2.05, 4.69) is 17.3 Å². The first-order chi connectivity index (χ1) is 9.02. The number of aromatic nitrogens is 2. The molecule has 0 amide bonds. The van der Waals surface area contributed by atoms with E-state index >= 15 is 0 Å². The van der Waals surface area contributed by atoms with Crippen LogP contribution in [0, 0.1) is 13.8 Å². The predicted octanol–water partition coefficient (Wildman–Crippen LogP) is 3.57. The minimum Gasteiger partial charge on any atom is -0.316 e. The Morgan fingerprint density at radius 2 is 2.00 bits per heavy atom. The topological polar surface area (TPSA) is 29.9 Å². The standard InChI is InChI=1S/C14H17Cl2N3/c1-9-13(7-17-3)10(2)19(18-9)8-11-4-5-12(15)6-14(11)16/h4-6,17H,7-8H2,1-3H3. The summed E-state index contributed by atoms with van der Waals surface area (Å²) < 4.78 is 1.98. The number of benzene rings is 1. The summed E-state index contributed by atoms with van der Waals surface area (Å²) in [5, 5.41) is 9.06. The summed E-state index contributed by atoms with van der Waals surface area (Å²) in [6.07, 6.45) is 0. The molecule has 0 aliphatic carbocycles. The first kappa shape index (κ1) is 14.4. The van der Waals surface area contributed by atoms with Crippen molar-refractivity contribution in [2.75, 3.05) is 7.05 Å². The van der Waals surface area contributed by atoms with Crippen LogP contribution in [-0.2, 0) is 13.1 Å². The van der Waals surface area contributed by atoms with Crippen LogP contribution >= 0.6 is 23.2 Å². The summed E-state index contributed by atoms with van der Waals surface area (Å²) >= 11 is 12.1. The van der Waals surface area contributed by atoms with Crippen molar-refractivity contribution in [2.45, 2.75) is 26.9 Å². The molecule has 0 aliphatic rings. The lowest BCUT2D eigenvalue weighted by atomic mass is 10.2. The van der Waals surface area contributed by atoms with Gasteiger partial charge in [0.05, 0.1) is 12.2 Å². The lowest BCUT2D eigenvalue weighted by Crippen LogP contribution is -2.08. The number of nitrogens with one attached hydrogen (secondary N) is 1. The molecule has 3 nitrogen and oxygen atoms in total. The second kappa shape index (κ2) is 5.95. The van der Waals surface area contributed by atoms with Crippen molar-refractivity contribution in [1.82, 2.24) is 15.1 Å². The zero-order valence-corrected chi connectivity index (χ0v) is 12.8. The molecule has 5 heteroatoms. The maximum Gasteiger partial charge on any atom is 0.0677 e. The van der Waals surface area contributed by atoms with E-state index in [9.17, 15) is 0 Å². The normalized spacial score (nSPS) is 11.0. The molecule has 0 atom stereocenters. The molecule has 19 heavy (non-hydrogen) atoms. The largest absolute Gasteiger partial charge is 0.316 e. The average Bonchev–Trinajstić information content (AvgIpc) is 2.61. The second-order valence-corrected chi connectivity index (χ2v) is 5.42. The number of aryl methyl sites for hydroxylation is 1. The number of hydrogen-bond donors (Lipinski definition) is 1. The molecule has 0 unspecified atom stereocenters. The maximum atomic E-state index is 6.20. The van der Waals surface area contributed by atoms with Gasteiger partial charge in [0.25, 0.3) is 0 Å². The van der Waals surface area contributed by atoms with Gasteiger partial charge in [-0.25, -0.2) is 0 Å². The summed E-state index contributed by atoms with van der Waals surface area (Å²) in [5.74, 6) is 0. The van der Waals surface area contributed by atoms with E-state index in [4.69, 9.17) is 23.2 Å². The van der Waals surface area contributed by atoms with Gasteiger partial charge in [-0.1, -0.05) is 29.3 Å². The fourth-order valence-electron chi connectivity index (χ4n) is 2.13. The molecule has 1 aromatic heterocycles. The van der Waals surface area contributed by atoms with Crippen LogP contribution in [0.2, 0.25) is 10.0 Å². The van der Waals surface area contributed by atoms with E-state index in [-0.39, 0.29) is 0 Å². The Balaban J connectivity index is 2.31. The zero-order valence-electron chi connectivity index (χ0n) is 11.3. The molecule has 0 fully saturated rings. The Kier molecular flexibility index (Phi) is 4.50. The number of nitrogens with zero attached hydrogens (tertiary/aromatic N) is 2. The van der Waals surface area contributed by atoms with Crippen LogP contribution in [0.1, 0.15) is 22.5 Å². The molecule has 2 aromatic rings. The molecule has 1 N–H and O–H groups in total. The highest BCUT2D eigenvalue weighted by atomic mass is 35.5. The predicted molar refractivity (Wildman–Crippen MR) is 80.0 cm³/mol. The maximum absolute atomic E-state index is 6.20. The molecular formula is C14H17Cl2N3. The Labute approximate surface area is 123 Å². The fraction of sp³-hybridized carbons (Fsp3) is 0.357. The molecule has 1 heterocycles. The van der Waals surface area contributed by atoms with Crippen LogP contribution in [0.25, 0.3) is 0 Å². The van der Waals surface area contributed by atoms with Crippen LogP contribution in [-0.4, -0.2) is 16.8 Å². The van der Waals surface area contributed by atoms with E-state index in [0.717, 1.165) is 23.5 Å². The van der Waals surface area contributed by atoms with Crippen LogP contribution in [0.5, 0.6) is 0 Å². The Morgan fingerprint density at radius 1 is 1.26 bits per heavy atom. The molecule has 0 saturated heterocycles. The highest BCUT2D eigenvalue weighted by molar-refractivity contribution is 6.35. The van der Waals surface area contributed by atoms with Crippen molar-refractivity contribution in [2.24, 2.45) is 0 Å². The summed E-state index contributed by atoms with van der Waals surface area (Å²) in [6, 6.07) is 5.56. The highest BCUT2D eigenvalue weighted by Gasteiger charge is 2.12. The lowest BCUT2D eigenvalue weighted by molar-refractivity contribution is 0.657. The van der Waals surface area contributed by atoms with E-state index in [1.54, 1.807) is 6.07 Å². The second-order valence-electron chi connectivity index (χ2n) is 4.57. The third-order valence-electron chi connectivity index (χ3n) is 3.22. The summed E-state index contributed by atoms with van der Waals surface area (Å²) in [7, 11) is 1.94. The van der Waals surface area contributed by atoms with Crippen LogP contribution in [0.3, 0.4) is 0 Å². The molecule has 0 saturated carbocycles. The SMILES string of the molecule is CNCc1c(C)nn(Cc2ccc(Cl)cc2Cl)c1C. The third-order valence-corrected chi connectivity index (χ3v) is 3.81. The van der Waals surface area contributed by atoms with Crippen molar-refractivity contribution < 1.29 is 0 Å². The molecular weight excluding hydrogens is 281 g/mol. The highest BCUT2D eigenvalue weighted by Crippen LogP contribution is 2.23. The summed E-state index contributed by atoms with van der Waals surface area (Å²) in [4.78, 5) is 0. The smallest absolute Gasteiger partial charge is 0.0677 e. The Morgan fingerprint density at radius 3 is 2.63 bits per heavy atom. The third kappa shape index (κ3) is 3.11. The van der Waals surface area contributed by atoms with Crippen molar-refractivity contribution in [3.05, 3.63) is 50.8 Å². The molecule has 2 rings (SSSR count). The van der Waals surface area contributed by atoms with Gasteiger partial charge in [-0.3, -0.25) is 4.68 Å². The van der Waals surface area contributed by atoms with Crippen molar-refractivity contribution in [1.29, 1.82) is 0 Å². The van der Waals surface area contributed by atoms with Gasteiger partial charge in [0, 0.05) is 27.8 Å². The van der Waals surface area contributed by atoms with E-state index in [0.29, 0.717) is 16.6 Å². The van der Waals surface area contributed by atoms with E-state index in [1.165, 1.54) is 5.56 Å². The Hall–Kier alpha value is -1.03. The average molecular weight is 298 g/mol. The van der Waals surface area contributed by atoms with Gasteiger partial charge in [0.1, 0.15) is 0 Å². The van der Waals surface area contributed by atoms with Gasteiger partial charge >= 0.3 is 0 Å². The molecule has 1 aromatic carbocycles. The molecule has 102 valence electrons. The van der Waals surface area contributed by atoms with Gasteiger partial charge in [0.2, 0.25) is 0 Å². The monoisotopic (exact) mass is 297 g/mol. The van der Waals surface area contributed by atoms with Gasteiger partial charge in [-0.2, -0.15) is 5.10 Å². The van der Waals surface area contributed by atoms with Crippen molar-refractivity contribution >= 4 is 23.2 Å². The minimum atomic E-state index is 0.651. The van der Waals surface area contributed by atoms with Crippen LogP contribution in [0.15, 0.2) is 18.2 Å². The Bertz CT molecular complexity index is 591. The molecule has 0 bridgehead atoms. The fourth-order valence-corrected chi connectivity index (χ4v) is 2.60. The number of halogens is 2. The first-order valence-corrected chi connectivity index (χ1v) is 6.90. The summed E-state index contributed by atoms with van der Waals surface area (Å²) in [6.45, 7) is 5.59. The number of hydrogen-bond acceptors (Lipinski definition) is 2. The quantitative estimate of drug-likeness (QED) is 0.935. The van der Waals surface area contributed by atoms with Gasteiger partial charge < -0.3 is 5.32 Å². The first-order valence-electron chi connectivity index (χ1n) is 6.14. The lowest BCUT2D eigenvalue weighted by Gasteiger charge is -2.08. The molecule has 0 radical (unpaired) electrons. The van der Waals surface area contributed by atoms with E-state index in [1.807, 2.05) is 30.8 Å². The zero-order chi connectivity index (χ0) is 14.0. The molecule has 0 aliphatic heterocycles. The van der Waals surface area contributed by atoms with Crippen molar-refractivity contribution in [3.8, 4) is 0 Å². The van der Waals surface area contributed by atoms with Crippen LogP contribution < -0.4 is 5.32 Å².